The standard InChI is InChI=1S/C12H5Cl2N5S/c13-7-3-8(14)11-12(19-20-18-11)10(7)17-9-5-16-2-1-6(9)4-15/h1-3,5,17H. The molecule has 5 nitrogen and oxygen atoms in total. The molecule has 0 saturated heterocycles. The first-order valence-corrected chi connectivity index (χ1v) is 6.90. The van der Waals surface area contributed by atoms with Gasteiger partial charge in [0.25, 0.3) is 0 Å². The van der Waals surface area contributed by atoms with Crippen LogP contribution in [0.2, 0.25) is 10.0 Å². The Morgan fingerprint density at radius 3 is 2.80 bits per heavy atom. The molecule has 1 aliphatic heterocycles. The molecule has 1 aliphatic rings. The van der Waals surface area contributed by atoms with Crippen LogP contribution in [-0.2, 0) is 11.4 Å². The van der Waals surface area contributed by atoms with E-state index in [0.717, 1.165) is 11.4 Å². The number of anilines is 2. The summed E-state index contributed by atoms with van der Waals surface area (Å²) in [5.74, 6) is 0. The van der Waals surface area contributed by atoms with Crippen molar-refractivity contribution < 1.29 is 0 Å². The van der Waals surface area contributed by atoms with Crippen LogP contribution in [0.25, 0.3) is 0 Å². The Hall–Kier alpha value is -1.94. The summed E-state index contributed by atoms with van der Waals surface area (Å²) < 4.78 is 8.31. The zero-order chi connectivity index (χ0) is 14.1. The number of nitrogens with one attached hydrogen (secondary N) is 1. The lowest BCUT2D eigenvalue weighted by Gasteiger charge is -2.12. The third-order valence-corrected chi connectivity index (χ3v) is 3.76. The molecule has 0 aliphatic carbocycles. The van der Waals surface area contributed by atoms with E-state index in [2.05, 4.69) is 25.1 Å². The molecule has 0 saturated carbocycles. The average Bonchev–Trinajstić information content (AvgIpc) is 2.93. The van der Waals surface area contributed by atoms with E-state index in [4.69, 9.17) is 28.5 Å². The molecule has 0 amide bonds. The first-order valence-electron chi connectivity index (χ1n) is 5.42. The van der Waals surface area contributed by atoms with E-state index in [1.807, 2.05) is 0 Å². The monoisotopic (exact) mass is 321 g/mol. The highest BCUT2D eigenvalue weighted by molar-refractivity contribution is 7.58. The molecule has 0 atom stereocenters. The molecule has 2 heterocycles. The number of fused-ring (bicyclic) bond motifs is 1. The van der Waals surface area contributed by atoms with E-state index < -0.39 is 0 Å². The van der Waals surface area contributed by atoms with Gasteiger partial charge >= 0.3 is 0 Å². The second-order valence-corrected chi connectivity index (χ2v) is 5.18. The number of hydrogen-bond acceptors (Lipinski definition) is 5. The fourth-order valence-corrected chi connectivity index (χ4v) is 2.88. The molecule has 1 aromatic heterocycles. The van der Waals surface area contributed by atoms with E-state index in [-0.39, 0.29) is 0 Å². The van der Waals surface area contributed by atoms with Gasteiger partial charge in [-0.3, -0.25) is 4.98 Å². The van der Waals surface area contributed by atoms with Crippen molar-refractivity contribution in [1.82, 2.24) is 4.98 Å². The maximum atomic E-state index is 9.09. The van der Waals surface area contributed by atoms with Gasteiger partial charge in [-0.15, -0.1) is 0 Å². The van der Waals surface area contributed by atoms with Crippen LogP contribution in [0, 0.1) is 11.3 Å². The second-order valence-electron chi connectivity index (χ2n) is 3.83. The van der Waals surface area contributed by atoms with E-state index in [1.165, 1.54) is 0 Å². The van der Waals surface area contributed by atoms with Crippen molar-refractivity contribution in [2.45, 2.75) is 0 Å². The van der Waals surface area contributed by atoms with Gasteiger partial charge in [0.2, 0.25) is 0 Å². The topological polar surface area (TPSA) is 73.4 Å². The number of aromatic nitrogens is 1. The third-order valence-electron chi connectivity index (χ3n) is 2.65. The Labute approximate surface area is 128 Å². The molecule has 1 aromatic carbocycles. The SMILES string of the molecule is N#Cc1ccncc1Nc1c(Cl)cc(Cl)c2c1N=S=N2. The molecule has 0 bridgehead atoms. The lowest BCUT2D eigenvalue weighted by molar-refractivity contribution is 1.30. The minimum Gasteiger partial charge on any atom is -0.350 e. The highest BCUT2D eigenvalue weighted by Gasteiger charge is 2.19. The maximum Gasteiger partial charge on any atom is 0.131 e. The van der Waals surface area contributed by atoms with Crippen LogP contribution in [0.1, 0.15) is 5.56 Å². The van der Waals surface area contributed by atoms with Gasteiger partial charge in [0.1, 0.15) is 17.4 Å². The summed E-state index contributed by atoms with van der Waals surface area (Å²) in [5.41, 5.74) is 2.71. The van der Waals surface area contributed by atoms with Crippen LogP contribution in [0.15, 0.2) is 33.3 Å². The zero-order valence-electron chi connectivity index (χ0n) is 9.76. The first kappa shape index (κ1) is 13.1. The number of rotatable bonds is 2. The summed E-state index contributed by atoms with van der Waals surface area (Å²) in [6, 6.07) is 5.29. The average molecular weight is 322 g/mol. The summed E-state index contributed by atoms with van der Waals surface area (Å²) in [6.45, 7) is 0. The highest BCUT2D eigenvalue weighted by Crippen LogP contribution is 2.48. The molecule has 0 radical (unpaired) electrons. The number of nitrogens with zero attached hydrogens (tertiary/aromatic N) is 4. The van der Waals surface area contributed by atoms with Crippen molar-refractivity contribution in [3.8, 4) is 6.07 Å². The number of hydrogen-bond donors (Lipinski definition) is 1. The molecule has 3 rings (SSSR count). The minimum atomic E-state index is 0.406. The van der Waals surface area contributed by atoms with Gasteiger partial charge in [-0.2, -0.15) is 14.0 Å². The zero-order valence-corrected chi connectivity index (χ0v) is 12.1. The Kier molecular flexibility index (Phi) is 3.40. The summed E-state index contributed by atoms with van der Waals surface area (Å²) in [5, 5.41) is 13.0. The molecule has 1 N–H and O–H groups in total. The van der Waals surface area contributed by atoms with Gasteiger partial charge in [-0.25, -0.2) is 0 Å². The van der Waals surface area contributed by atoms with E-state index >= 15 is 0 Å². The van der Waals surface area contributed by atoms with Gasteiger partial charge < -0.3 is 5.32 Å². The molecule has 98 valence electrons. The molecular formula is C12H5Cl2N5S. The molecule has 0 fully saturated rings. The largest absolute Gasteiger partial charge is 0.350 e. The fraction of sp³-hybridized carbons (Fsp3) is 0. The van der Waals surface area contributed by atoms with Crippen LogP contribution >= 0.6 is 23.2 Å². The lowest BCUT2D eigenvalue weighted by atomic mass is 10.2. The highest BCUT2D eigenvalue weighted by atomic mass is 35.5. The molecule has 0 spiro atoms. The van der Waals surface area contributed by atoms with Gasteiger partial charge in [0.15, 0.2) is 0 Å². The van der Waals surface area contributed by atoms with Gasteiger partial charge in [-0.1, -0.05) is 23.2 Å². The minimum absolute atomic E-state index is 0.406. The molecule has 8 heteroatoms. The first-order chi connectivity index (χ1) is 9.70. The Bertz CT molecular complexity index is 821. The Morgan fingerprint density at radius 2 is 2.00 bits per heavy atom. The number of benzene rings is 1. The normalized spacial score (nSPS) is 11.7. The molecule has 20 heavy (non-hydrogen) atoms. The van der Waals surface area contributed by atoms with Gasteiger partial charge in [0.05, 0.1) is 44.5 Å². The molecule has 2 aromatic rings. The smallest absolute Gasteiger partial charge is 0.131 e. The predicted molar refractivity (Wildman–Crippen MR) is 80.2 cm³/mol. The summed E-state index contributed by atoms with van der Waals surface area (Å²) >= 11 is 13.3. The summed E-state index contributed by atoms with van der Waals surface area (Å²) in [7, 11) is 0. The Balaban J connectivity index is 2.12. The van der Waals surface area contributed by atoms with Gasteiger partial charge in [0, 0.05) is 6.20 Å². The van der Waals surface area contributed by atoms with Crippen molar-refractivity contribution >= 4 is 57.3 Å². The van der Waals surface area contributed by atoms with Crippen LogP contribution in [0.3, 0.4) is 0 Å². The fourth-order valence-electron chi connectivity index (χ4n) is 1.72. The number of pyridine rings is 1. The summed E-state index contributed by atoms with van der Waals surface area (Å²) in [4.78, 5) is 3.99. The second kappa shape index (κ2) is 5.21. The Morgan fingerprint density at radius 1 is 1.20 bits per heavy atom. The van der Waals surface area contributed by atoms with E-state index in [0.29, 0.717) is 38.4 Å². The molecular weight excluding hydrogens is 317 g/mol. The number of nitriles is 1. The van der Waals surface area contributed by atoms with E-state index in [9.17, 15) is 0 Å². The maximum absolute atomic E-state index is 9.09. The molecule has 0 unspecified atom stereocenters. The quantitative estimate of drug-likeness (QED) is 0.741. The summed E-state index contributed by atoms with van der Waals surface area (Å²) in [6.07, 6.45) is 3.10. The van der Waals surface area contributed by atoms with Crippen LogP contribution in [-0.4, -0.2) is 4.98 Å². The van der Waals surface area contributed by atoms with Crippen molar-refractivity contribution in [2.24, 2.45) is 8.73 Å². The van der Waals surface area contributed by atoms with E-state index in [1.54, 1.807) is 24.5 Å². The van der Waals surface area contributed by atoms with Crippen LogP contribution in [0.4, 0.5) is 22.7 Å². The predicted octanol–water partition coefficient (Wildman–Crippen LogP) is 4.73. The number of halogens is 2. The van der Waals surface area contributed by atoms with Crippen molar-refractivity contribution in [3.63, 3.8) is 0 Å². The third kappa shape index (κ3) is 2.16. The van der Waals surface area contributed by atoms with Crippen molar-refractivity contribution in [2.75, 3.05) is 5.32 Å². The van der Waals surface area contributed by atoms with Crippen LogP contribution < -0.4 is 5.32 Å². The van der Waals surface area contributed by atoms with Crippen molar-refractivity contribution in [3.05, 3.63) is 40.1 Å². The van der Waals surface area contributed by atoms with Gasteiger partial charge in [-0.05, 0) is 12.1 Å². The lowest BCUT2D eigenvalue weighted by Crippen LogP contribution is -1.95. The van der Waals surface area contributed by atoms with Crippen molar-refractivity contribution in [1.29, 1.82) is 5.26 Å². The van der Waals surface area contributed by atoms with Crippen LogP contribution in [0.5, 0.6) is 0 Å².